The molecule has 0 amide bonds. The van der Waals surface area contributed by atoms with Crippen LogP contribution in [0.25, 0.3) is 0 Å². The molecule has 0 aliphatic carbocycles. The van der Waals surface area contributed by atoms with Gasteiger partial charge in [0.25, 0.3) is 0 Å². The number of isocyanates is 2. The zero-order valence-electron chi connectivity index (χ0n) is 8.13. The summed E-state index contributed by atoms with van der Waals surface area (Å²) < 4.78 is 0. The highest BCUT2D eigenvalue weighted by Gasteiger charge is 1.83. The van der Waals surface area contributed by atoms with Crippen molar-refractivity contribution in [1.29, 1.82) is 10.8 Å². The Hall–Kier alpha value is -1.80. The summed E-state index contributed by atoms with van der Waals surface area (Å²) in [5.74, 6) is 0. The summed E-state index contributed by atoms with van der Waals surface area (Å²) in [5.41, 5.74) is 1.43. The average molecular weight is 208 g/mol. The van der Waals surface area contributed by atoms with Crippen LogP contribution in [0.15, 0.2) is 24.3 Å². The zero-order chi connectivity index (χ0) is 11.4. The van der Waals surface area contributed by atoms with Crippen molar-refractivity contribution in [3.05, 3.63) is 29.8 Å². The van der Waals surface area contributed by atoms with Crippen LogP contribution in [0.4, 0.5) is 0 Å². The molecule has 1 aromatic rings. The Balaban J connectivity index is 0. The van der Waals surface area contributed by atoms with Crippen LogP contribution >= 0.6 is 0 Å². The maximum Gasteiger partial charge on any atom is 0.231 e. The SMILES string of the molecule is Cc1ccccc1[SiH3].N=C=O.N=C=O. The summed E-state index contributed by atoms with van der Waals surface area (Å²) >= 11 is 0. The number of carbonyl (C=O) groups excluding carboxylic acids is 2. The van der Waals surface area contributed by atoms with Crippen LogP contribution in [0.5, 0.6) is 0 Å². The second kappa shape index (κ2) is 11.2. The van der Waals surface area contributed by atoms with E-state index in [9.17, 15) is 0 Å². The molecule has 1 rings (SSSR count). The van der Waals surface area contributed by atoms with E-state index in [4.69, 9.17) is 20.4 Å². The summed E-state index contributed by atoms with van der Waals surface area (Å²) in [6.07, 6.45) is 1.50. The first kappa shape index (κ1) is 14.7. The number of hydrogen-bond donors (Lipinski definition) is 2. The average Bonchev–Trinajstić information content (AvgIpc) is 2.13. The van der Waals surface area contributed by atoms with E-state index < -0.39 is 0 Å². The van der Waals surface area contributed by atoms with Crippen LogP contribution in [0.1, 0.15) is 5.56 Å². The summed E-state index contributed by atoms with van der Waals surface area (Å²) in [5, 5.41) is 12.3. The predicted molar refractivity (Wildman–Crippen MR) is 57.6 cm³/mol. The second-order valence-electron chi connectivity index (χ2n) is 2.29. The molecule has 0 spiro atoms. The lowest BCUT2D eigenvalue weighted by Gasteiger charge is -1.93. The summed E-state index contributed by atoms with van der Waals surface area (Å²) in [7, 11) is 1.18. The van der Waals surface area contributed by atoms with Crippen molar-refractivity contribution in [3.63, 3.8) is 0 Å². The van der Waals surface area contributed by atoms with Gasteiger partial charge >= 0.3 is 0 Å². The number of rotatable bonds is 0. The standard InChI is InChI=1S/C7H10Si.2CHNO/c1-6-4-2-3-5-7(6)8;2*2-1-3/h2-5H,1,8H3;2*2H. The van der Waals surface area contributed by atoms with Crippen LogP contribution in [0, 0.1) is 17.7 Å². The van der Waals surface area contributed by atoms with E-state index >= 15 is 0 Å². The number of aryl methyl sites for hydroxylation is 1. The molecule has 0 bridgehead atoms. The second-order valence-corrected chi connectivity index (χ2v) is 3.37. The highest BCUT2D eigenvalue weighted by atomic mass is 28.1. The fraction of sp³-hybridized carbons (Fsp3) is 0.111. The predicted octanol–water partition coefficient (Wildman–Crippen LogP) is -0.212. The largest absolute Gasteiger partial charge is 0.231 e. The molecule has 0 aliphatic heterocycles. The highest BCUT2D eigenvalue weighted by molar-refractivity contribution is 6.33. The maximum atomic E-state index is 8.35. The molecule has 0 unspecified atom stereocenters. The molecular weight excluding hydrogens is 196 g/mol. The van der Waals surface area contributed by atoms with Gasteiger partial charge in [-0.15, -0.1) is 0 Å². The quantitative estimate of drug-likeness (QED) is 0.351. The number of hydrogen-bond acceptors (Lipinski definition) is 4. The molecule has 0 heterocycles. The van der Waals surface area contributed by atoms with Crippen molar-refractivity contribution < 1.29 is 9.59 Å². The molecular formula is C9H12N2O2Si. The normalized spacial score (nSPS) is 6.64. The van der Waals surface area contributed by atoms with Gasteiger partial charge in [0.2, 0.25) is 12.2 Å². The molecule has 2 N–H and O–H groups in total. The first-order valence-electron chi connectivity index (χ1n) is 3.74. The van der Waals surface area contributed by atoms with E-state index in [0.717, 1.165) is 12.2 Å². The summed E-state index contributed by atoms with van der Waals surface area (Å²) in [4.78, 5) is 16.7. The fourth-order valence-electron chi connectivity index (χ4n) is 0.663. The van der Waals surface area contributed by atoms with Gasteiger partial charge in [0, 0.05) is 10.2 Å². The van der Waals surface area contributed by atoms with Gasteiger partial charge in [-0.1, -0.05) is 35.0 Å². The molecule has 4 nitrogen and oxygen atoms in total. The van der Waals surface area contributed by atoms with Crippen molar-refractivity contribution in [2.75, 3.05) is 0 Å². The molecule has 0 saturated heterocycles. The van der Waals surface area contributed by atoms with Gasteiger partial charge in [-0.3, -0.25) is 0 Å². The minimum absolute atomic E-state index is 0.750. The Morgan fingerprint density at radius 3 is 1.71 bits per heavy atom. The lowest BCUT2D eigenvalue weighted by Crippen LogP contribution is -2.04. The topological polar surface area (TPSA) is 81.8 Å². The van der Waals surface area contributed by atoms with Gasteiger partial charge in [-0.2, -0.15) is 0 Å². The molecule has 0 aromatic heterocycles. The lowest BCUT2D eigenvalue weighted by atomic mass is 10.2. The smallest absolute Gasteiger partial charge is 0.222 e. The molecule has 0 radical (unpaired) electrons. The van der Waals surface area contributed by atoms with Crippen LogP contribution in [-0.2, 0) is 9.59 Å². The molecule has 0 aliphatic rings. The molecule has 1 aromatic carbocycles. The van der Waals surface area contributed by atoms with Gasteiger partial charge in [0.1, 0.15) is 0 Å². The van der Waals surface area contributed by atoms with Crippen molar-refractivity contribution in [2.24, 2.45) is 0 Å². The third kappa shape index (κ3) is 10.2. The highest BCUT2D eigenvalue weighted by Crippen LogP contribution is 1.88. The third-order valence-corrected chi connectivity index (χ3v) is 2.55. The zero-order valence-corrected chi connectivity index (χ0v) is 10.1. The van der Waals surface area contributed by atoms with Crippen molar-refractivity contribution in [2.45, 2.75) is 6.92 Å². The Morgan fingerprint density at radius 1 is 1.14 bits per heavy atom. The number of nitrogens with one attached hydrogen (secondary N) is 2. The van der Waals surface area contributed by atoms with E-state index in [1.807, 2.05) is 0 Å². The first-order valence-corrected chi connectivity index (χ1v) is 4.74. The van der Waals surface area contributed by atoms with Gasteiger partial charge < -0.3 is 0 Å². The molecule has 5 heteroatoms. The van der Waals surface area contributed by atoms with Crippen molar-refractivity contribution in [1.82, 2.24) is 0 Å². The maximum absolute atomic E-state index is 8.35. The van der Waals surface area contributed by atoms with E-state index in [1.165, 1.54) is 21.0 Å². The monoisotopic (exact) mass is 208 g/mol. The summed E-state index contributed by atoms with van der Waals surface area (Å²) in [6.45, 7) is 2.16. The Kier molecular flexibility index (Phi) is 11.8. The van der Waals surface area contributed by atoms with E-state index in [0.29, 0.717) is 0 Å². The molecule has 14 heavy (non-hydrogen) atoms. The Morgan fingerprint density at radius 2 is 1.50 bits per heavy atom. The fourth-order valence-corrected chi connectivity index (χ4v) is 1.02. The van der Waals surface area contributed by atoms with Crippen LogP contribution in [0.2, 0.25) is 0 Å². The molecule has 74 valence electrons. The Labute approximate surface area is 85.4 Å². The van der Waals surface area contributed by atoms with Crippen LogP contribution in [-0.4, -0.2) is 22.4 Å². The molecule has 0 saturated carbocycles. The minimum Gasteiger partial charge on any atom is -0.222 e. The van der Waals surface area contributed by atoms with Gasteiger partial charge in [0.15, 0.2) is 0 Å². The molecule has 0 fully saturated rings. The van der Waals surface area contributed by atoms with Gasteiger partial charge in [0.05, 0.1) is 0 Å². The van der Waals surface area contributed by atoms with Gasteiger partial charge in [-0.25, -0.2) is 20.4 Å². The summed E-state index contributed by atoms with van der Waals surface area (Å²) in [6, 6.07) is 8.51. The first-order chi connectivity index (χ1) is 6.63. The Bertz CT molecular complexity index is 294. The minimum atomic E-state index is 0.750. The van der Waals surface area contributed by atoms with Crippen molar-refractivity contribution in [3.8, 4) is 0 Å². The number of benzene rings is 1. The van der Waals surface area contributed by atoms with Crippen molar-refractivity contribution >= 4 is 27.6 Å². The van der Waals surface area contributed by atoms with E-state index in [-0.39, 0.29) is 0 Å². The third-order valence-electron chi connectivity index (χ3n) is 1.43. The molecule has 0 atom stereocenters. The van der Waals surface area contributed by atoms with Crippen LogP contribution < -0.4 is 5.19 Å². The van der Waals surface area contributed by atoms with E-state index in [1.54, 1.807) is 0 Å². The van der Waals surface area contributed by atoms with Crippen LogP contribution in [0.3, 0.4) is 0 Å². The van der Waals surface area contributed by atoms with E-state index in [2.05, 4.69) is 31.2 Å². The lowest BCUT2D eigenvalue weighted by molar-refractivity contribution is 0.562. The van der Waals surface area contributed by atoms with Gasteiger partial charge in [-0.05, 0) is 6.92 Å².